The van der Waals surface area contributed by atoms with Crippen molar-refractivity contribution in [2.45, 2.75) is 39.2 Å². The number of piperazine rings is 1. The molecule has 7 rings (SSSR count). The molecule has 2 atom stereocenters. The molecule has 1 saturated heterocycles. The van der Waals surface area contributed by atoms with E-state index in [0.717, 1.165) is 56.5 Å². The van der Waals surface area contributed by atoms with Crippen LogP contribution in [0.15, 0.2) is 71.5 Å². The van der Waals surface area contributed by atoms with Crippen molar-refractivity contribution >= 4 is 99.1 Å². The number of alkyl halides is 1. The standard InChI is InChI=1S/C39H39ClF2N6O6S.3HI.V/c1-4-48-24(13-14-45-48)21-52-27-8-6-5-7-26(27)34(42)35(39(49)50)54-37-32-31(36(29-11-12-30(41)53-29)55-38(32)44-22-43-37)25-9-10-28(33(40)23(25)2)51-20-19-47-17-15-46(3)16-18-47;;;;/h5-14,22,34-35H,4,15-21H2,1-3H3,(H,49,50);3*1H;/q;;;;+3/p-3/i21D2;;;;. The molecule has 1 fully saturated rings. The number of thiophene rings is 1. The molecule has 0 radical (unpaired) electrons. The summed E-state index contributed by atoms with van der Waals surface area (Å²) in [5.74, 6) is -1.57. The summed E-state index contributed by atoms with van der Waals surface area (Å²) in [6.45, 7) is 6.43. The minimum atomic E-state index is -2.46. The fourth-order valence-corrected chi connectivity index (χ4v) is 7.69. The number of benzene rings is 2. The summed E-state index contributed by atoms with van der Waals surface area (Å²) in [4.78, 5) is 26.5. The number of carbonyl (C=O) groups is 1. The van der Waals surface area contributed by atoms with Gasteiger partial charge in [-0.2, -0.15) is 9.49 Å². The van der Waals surface area contributed by atoms with Gasteiger partial charge < -0.3 is 28.6 Å². The van der Waals surface area contributed by atoms with Crippen LogP contribution in [0, 0.1) is 12.9 Å². The van der Waals surface area contributed by atoms with Crippen LogP contribution in [0.4, 0.5) is 8.78 Å². The molecule has 20 heteroatoms. The molecular formula is C39H39ClF2I3N6O6SV. The van der Waals surface area contributed by atoms with Gasteiger partial charge in [0.1, 0.15) is 41.6 Å². The average molecular weight is 1230 g/mol. The number of fused-ring (bicyclic) bond motifs is 1. The normalized spacial score (nSPS) is 15.3. The van der Waals surface area contributed by atoms with Crippen molar-refractivity contribution in [2.24, 2.45) is 0 Å². The first kappa shape index (κ1) is 43.3. The van der Waals surface area contributed by atoms with Gasteiger partial charge >= 0.3 is 70.8 Å². The van der Waals surface area contributed by atoms with Crippen molar-refractivity contribution in [1.82, 2.24) is 29.5 Å². The molecule has 1 aliphatic heterocycles. The Labute approximate surface area is 389 Å². The predicted molar refractivity (Wildman–Crippen MR) is 246 cm³/mol. The fourth-order valence-electron chi connectivity index (χ4n) is 6.36. The van der Waals surface area contributed by atoms with E-state index in [1.807, 2.05) is 0 Å². The number of carboxylic acid groups (broad SMARTS) is 1. The van der Waals surface area contributed by atoms with Crippen molar-refractivity contribution in [3.63, 3.8) is 0 Å². The number of hydrogen-bond acceptors (Lipinski definition) is 11. The molecular weight excluding hydrogens is 1190 g/mol. The number of nitrogens with zero attached hydrogens (tertiary/aromatic N) is 6. The molecule has 12 nitrogen and oxygen atoms in total. The molecule has 5 heterocycles. The topological polar surface area (TPSA) is 128 Å². The van der Waals surface area contributed by atoms with E-state index in [2.05, 4.69) is 91.9 Å². The molecule has 0 bridgehead atoms. The van der Waals surface area contributed by atoms with Gasteiger partial charge in [0.2, 0.25) is 12.0 Å². The predicted octanol–water partition coefficient (Wildman–Crippen LogP) is 10.3. The molecule has 2 aromatic carbocycles. The van der Waals surface area contributed by atoms with Crippen molar-refractivity contribution in [3.05, 3.63) is 95.0 Å². The van der Waals surface area contributed by atoms with E-state index in [1.165, 1.54) is 47.3 Å². The van der Waals surface area contributed by atoms with Crippen molar-refractivity contribution < 1.29 is 45.0 Å². The van der Waals surface area contributed by atoms with Gasteiger partial charge in [0.05, 0.1) is 23.7 Å². The number of rotatable bonds is 15. The van der Waals surface area contributed by atoms with Crippen LogP contribution in [0.2, 0.25) is 5.02 Å². The van der Waals surface area contributed by atoms with E-state index in [0.29, 0.717) is 50.3 Å². The summed E-state index contributed by atoms with van der Waals surface area (Å²) in [7, 11) is 2.10. The zero-order chi connectivity index (χ0) is 44.0. The SMILES string of the molecule is [2H]C([2H])(Oc1ccccc1C(F)C(Oc1ncnc2sc(-c3ccc(F)o3)c(-c3ccc(OCCN4CCN(C)CC4)c(Cl)c3C)c12)C(=O)O)c1ccnn1CC.[I][V]([I])[I]. The Balaban J connectivity index is 0.00000149. The molecule has 1 N–H and O–H groups in total. The van der Waals surface area contributed by atoms with E-state index in [-0.39, 0.29) is 39.0 Å². The van der Waals surface area contributed by atoms with Gasteiger partial charge in [0.15, 0.2) is 6.17 Å². The Morgan fingerprint density at radius 1 is 1.08 bits per heavy atom. The molecule has 6 aromatic rings. The number of halogens is 6. The summed E-state index contributed by atoms with van der Waals surface area (Å²) in [5, 5.41) is 15.0. The Morgan fingerprint density at radius 2 is 1.83 bits per heavy atom. The van der Waals surface area contributed by atoms with Crippen molar-refractivity contribution in [1.29, 1.82) is 0 Å². The number of likely N-dealkylation sites (N-methyl/N-ethyl adjacent to an activating group) is 1. The van der Waals surface area contributed by atoms with E-state index in [1.54, 1.807) is 26.0 Å². The summed E-state index contributed by atoms with van der Waals surface area (Å²) in [6, 6.07) is 12.3. The van der Waals surface area contributed by atoms with Crippen molar-refractivity contribution in [3.8, 4) is 39.1 Å². The van der Waals surface area contributed by atoms with Gasteiger partial charge in [-0.25, -0.2) is 19.2 Å². The minimum absolute atomic E-state index is 0.0856. The summed E-state index contributed by atoms with van der Waals surface area (Å²) in [6.07, 6.45) is -2.01. The second-order valence-corrected chi connectivity index (χ2v) is 49.8. The van der Waals surface area contributed by atoms with Gasteiger partial charge in [-0.15, -0.1) is 11.3 Å². The molecule has 1 aliphatic rings. The first-order valence-electron chi connectivity index (χ1n) is 19.1. The van der Waals surface area contributed by atoms with Crippen LogP contribution in [0.1, 0.15) is 32.7 Å². The Hall–Kier alpha value is -2.32. The number of aromatic nitrogens is 4. The zero-order valence-electron chi connectivity index (χ0n) is 33.8. The van der Waals surface area contributed by atoms with Gasteiger partial charge in [0, 0.05) is 62.7 Å². The third kappa shape index (κ3) is 11.6. The summed E-state index contributed by atoms with van der Waals surface area (Å²) >= 11 is 15.4. The van der Waals surface area contributed by atoms with Crippen LogP contribution in [-0.2, 0) is 22.8 Å². The Morgan fingerprint density at radius 3 is 2.53 bits per heavy atom. The molecule has 314 valence electrons. The fraction of sp³-hybridized carbons (Fsp3) is 0.333. The molecule has 0 spiro atoms. The van der Waals surface area contributed by atoms with Crippen LogP contribution in [0.5, 0.6) is 17.4 Å². The van der Waals surface area contributed by atoms with E-state index < -0.39 is 30.8 Å². The maximum atomic E-state index is 16.7. The summed E-state index contributed by atoms with van der Waals surface area (Å²) in [5.41, 5.74) is 1.33. The first-order chi connectivity index (χ1) is 29.1. The second kappa shape index (κ2) is 21.7. The molecule has 0 amide bonds. The average Bonchev–Trinajstić information content (AvgIpc) is 3.98. The monoisotopic (exact) mass is 1230 g/mol. The number of hydrogen-bond donors (Lipinski definition) is 1. The number of aliphatic carboxylic acids is 1. The Kier molecular flexibility index (Phi) is 15.9. The van der Waals surface area contributed by atoms with Crippen LogP contribution >= 0.6 is 82.9 Å². The molecule has 0 aliphatic carbocycles. The molecule has 2 unspecified atom stereocenters. The van der Waals surface area contributed by atoms with Crippen LogP contribution < -0.4 is 14.2 Å². The van der Waals surface area contributed by atoms with E-state index in [9.17, 15) is 14.3 Å². The number of aryl methyl sites for hydroxylation is 1. The second-order valence-electron chi connectivity index (χ2n) is 13.1. The first-order valence-corrected chi connectivity index (χ1v) is 32.8. The Bertz CT molecular complexity index is 2460. The number of furan rings is 1. The summed E-state index contributed by atoms with van der Waals surface area (Å²) < 4.78 is 72.9. The quantitative estimate of drug-likeness (QED) is 0.0987. The van der Waals surface area contributed by atoms with E-state index in [4.69, 9.17) is 33.0 Å². The number of para-hydroxylation sites is 1. The molecule has 4 aromatic heterocycles. The maximum absolute atomic E-state index is 16.7. The number of ether oxygens (including phenoxy) is 3. The van der Waals surface area contributed by atoms with Gasteiger partial charge in [-0.3, -0.25) is 9.58 Å². The van der Waals surface area contributed by atoms with E-state index >= 15 is 4.39 Å². The molecule has 59 heavy (non-hydrogen) atoms. The molecule has 0 saturated carbocycles. The van der Waals surface area contributed by atoms with Crippen LogP contribution in [-0.4, -0.2) is 93.1 Å². The van der Waals surface area contributed by atoms with Crippen LogP contribution in [0.25, 0.3) is 32.0 Å². The van der Waals surface area contributed by atoms with Crippen molar-refractivity contribution in [2.75, 3.05) is 46.4 Å². The van der Waals surface area contributed by atoms with Gasteiger partial charge in [0.25, 0.3) is 6.01 Å². The third-order valence-electron chi connectivity index (χ3n) is 9.38. The van der Waals surface area contributed by atoms with Gasteiger partial charge in [-0.1, -0.05) is 35.9 Å². The third-order valence-corrected chi connectivity index (χ3v) is 11.0. The zero-order valence-corrected chi connectivity index (χ0v) is 41.2. The van der Waals surface area contributed by atoms with Crippen LogP contribution in [0.3, 0.4) is 0 Å². The number of carboxylic acids is 1. The van der Waals surface area contributed by atoms with Gasteiger partial charge in [-0.05, 0) is 56.3 Å².